The Balaban J connectivity index is 0.000000175. The highest BCUT2D eigenvalue weighted by molar-refractivity contribution is 5.98. The van der Waals surface area contributed by atoms with Gasteiger partial charge in [0.25, 0.3) is 18.8 Å². The summed E-state index contributed by atoms with van der Waals surface area (Å²) >= 11 is 0. The number of halogens is 19. The van der Waals surface area contributed by atoms with Crippen molar-refractivity contribution in [3.63, 3.8) is 0 Å². The zero-order chi connectivity index (χ0) is 93.5. The number of ketones is 7. The van der Waals surface area contributed by atoms with Crippen molar-refractivity contribution >= 4 is 40.5 Å². The number of hydrogen-bond donors (Lipinski definition) is 1. The van der Waals surface area contributed by atoms with E-state index in [1.807, 2.05) is 0 Å². The first-order valence-corrected chi connectivity index (χ1v) is 39.8. The van der Waals surface area contributed by atoms with E-state index in [1.165, 1.54) is 81.8 Å². The zero-order valence-corrected chi connectivity index (χ0v) is 68.4. The fourth-order valence-electron chi connectivity index (χ4n) is 16.1. The Morgan fingerprint density at radius 1 is 0.450 bits per heavy atom. The van der Waals surface area contributed by atoms with Gasteiger partial charge in [-0.2, -0.15) is 37.2 Å². The van der Waals surface area contributed by atoms with Crippen molar-refractivity contribution in [2.45, 2.75) is 167 Å². The number of alkyl halides is 10. The van der Waals surface area contributed by atoms with Crippen molar-refractivity contribution in [1.82, 2.24) is 44.3 Å². The number of hydrogen-bond acceptors (Lipinski definition) is 14. The van der Waals surface area contributed by atoms with Crippen molar-refractivity contribution in [3.8, 4) is 33.4 Å². The number of carbonyl (C=O) groups is 7. The van der Waals surface area contributed by atoms with Crippen LogP contribution >= 0.6 is 0 Å². The Morgan fingerprint density at radius 2 is 0.806 bits per heavy atom. The second-order valence-corrected chi connectivity index (χ2v) is 31.0. The molecule has 0 bridgehead atoms. The number of pyridine rings is 3. The molecule has 6 aromatic heterocycles. The van der Waals surface area contributed by atoms with Crippen molar-refractivity contribution in [2.75, 3.05) is 0 Å². The second kappa shape index (κ2) is 39.9. The fourth-order valence-corrected chi connectivity index (χ4v) is 16.1. The minimum Gasteiger partial charge on any atom is -0.387 e. The number of carbonyl (C=O) groups excluding carboxylic acids is 7. The van der Waals surface area contributed by atoms with Gasteiger partial charge >= 0.3 is 6.18 Å². The largest absolute Gasteiger partial charge is 0.435 e. The lowest BCUT2D eigenvalue weighted by Gasteiger charge is -2.26. The third-order valence-corrected chi connectivity index (χ3v) is 21.6. The molecule has 2 aliphatic carbocycles. The molecular formula is C93H74F19N9O8. The molecule has 0 saturated carbocycles. The standard InChI is InChI=1S/C32H25F8N3O2.C31H26F5N3O3.C30H23F6N3O3/c1-16(44)24-13-18(4-5-25(24)35)23-3-2-8-41-28(23)19(9-17-10-20(33)14-21(34)11-17)12-22(45)15-43-30-27(29(42-43)31(37)38)26(36)6-7-32(30,39)40;1-16(40)25-13-18(4-6-26(25)34)23-3-2-8-37-28(23)19(9-17-10-20(32)14-21(33)11-17)12-22(41)15-39-30-24(5-7-27(30)42)29(38-39)31(35)36;1-16(40)25-12-19(5-6-27(25)33)24-4-3-7-37-28(24)20(8-18-9-21(31)13-22(32)10-18)11-23(42)14-39-15-26(17(2)41)29(38-39)30(34,35)36/h2-5,8,10-11,13-14,19,26,31H,6-7,9,12,15H2,1H3;2-4,6,8,10-11,13-14,19,27,31,42H,5,7,9,12,15H2,1H3;3-7,9-10,12-13,15,20H,8,11,14H2,1-2H3/t19-,26?;19-,27?;20-/m111/s1. The molecule has 6 aromatic carbocycles. The highest BCUT2D eigenvalue weighted by atomic mass is 19.4. The van der Waals surface area contributed by atoms with Gasteiger partial charge in [0.05, 0.1) is 64.2 Å². The van der Waals surface area contributed by atoms with E-state index >= 15 is 0 Å². The van der Waals surface area contributed by atoms with E-state index < -0.39 is 221 Å². The molecule has 0 fully saturated rings. The quantitative estimate of drug-likeness (QED) is 0.0326. The molecule has 14 rings (SSSR count). The SMILES string of the molecule is CC(=O)c1cc(-c2cccnc2[C@@H](CC(=O)Cn2cc(C(C)=O)c(C(F)(F)F)n2)Cc2cc(F)cc(F)c2)ccc1F.CC(=O)c1cc(-c2cccnc2[C@@H](CC(=O)Cn2nc(C(F)F)c3c2C(F)(F)CCC3F)Cc2cc(F)cc(F)c2)ccc1F.CC(=O)c1cc(-c2cccnc2[C@@H](CC(=O)Cn2nc(C(F)F)c3c2C(O)CC3)Cc2cc(F)cc(F)c2)ccc1F. The highest BCUT2D eigenvalue weighted by Gasteiger charge is 2.48. The van der Waals surface area contributed by atoms with Crippen LogP contribution in [0.5, 0.6) is 0 Å². The summed E-state index contributed by atoms with van der Waals surface area (Å²) in [5.41, 5.74) is -2.07. The zero-order valence-electron chi connectivity index (χ0n) is 68.4. The predicted octanol–water partition coefficient (Wildman–Crippen LogP) is 21.6. The Kier molecular flexibility index (Phi) is 29.4. The van der Waals surface area contributed by atoms with Crippen molar-refractivity contribution < 1.29 is 122 Å². The van der Waals surface area contributed by atoms with E-state index in [0.29, 0.717) is 55.9 Å². The van der Waals surface area contributed by atoms with Gasteiger partial charge in [-0.15, -0.1) is 0 Å². The van der Waals surface area contributed by atoms with Crippen LogP contribution in [0.4, 0.5) is 83.4 Å². The molecule has 36 heteroatoms. The maximum absolute atomic E-state index is 14.9. The number of aliphatic hydroxyl groups excluding tert-OH is 1. The maximum Gasteiger partial charge on any atom is 0.435 e. The van der Waals surface area contributed by atoms with Crippen LogP contribution in [0.15, 0.2) is 170 Å². The average Bonchev–Trinajstić information content (AvgIpc) is 1.60. The summed E-state index contributed by atoms with van der Waals surface area (Å²) in [6.07, 6.45) is -11.8. The van der Waals surface area contributed by atoms with E-state index in [4.69, 9.17) is 0 Å². The lowest BCUT2D eigenvalue weighted by atomic mass is 9.86. The van der Waals surface area contributed by atoms with Crippen LogP contribution in [-0.2, 0) is 71.8 Å². The normalized spacial score (nSPS) is 14.7. The number of aromatic nitrogens is 9. The van der Waals surface area contributed by atoms with E-state index in [1.54, 1.807) is 30.3 Å². The van der Waals surface area contributed by atoms with Crippen LogP contribution in [0, 0.1) is 52.4 Å². The van der Waals surface area contributed by atoms with Crippen molar-refractivity contribution in [1.29, 1.82) is 0 Å². The Bertz CT molecular complexity index is 6250. The fraction of sp³-hybridized carbons (Fsp3) is 0.280. The van der Waals surface area contributed by atoms with Gasteiger partial charge in [-0.1, -0.05) is 36.4 Å². The Morgan fingerprint density at radius 3 is 1.16 bits per heavy atom. The first-order valence-electron chi connectivity index (χ1n) is 39.8. The smallest absolute Gasteiger partial charge is 0.387 e. The van der Waals surface area contributed by atoms with Gasteiger partial charge in [0.15, 0.2) is 46.2 Å². The van der Waals surface area contributed by atoms with Crippen LogP contribution < -0.4 is 0 Å². The number of fused-ring (bicyclic) bond motifs is 2. The van der Waals surface area contributed by atoms with E-state index in [0.717, 1.165) is 83.1 Å². The molecule has 2 aliphatic rings. The molecule has 5 atom stereocenters. The van der Waals surface area contributed by atoms with Crippen molar-refractivity contribution in [2.24, 2.45) is 0 Å². The number of benzene rings is 6. The van der Waals surface area contributed by atoms with Gasteiger partial charge in [-0.25, -0.2) is 61.5 Å². The summed E-state index contributed by atoms with van der Waals surface area (Å²) in [4.78, 5) is 101. The van der Waals surface area contributed by atoms with Crippen molar-refractivity contribution in [3.05, 3.63) is 318 Å². The van der Waals surface area contributed by atoms with Gasteiger partial charge in [0.1, 0.15) is 82.2 Å². The van der Waals surface area contributed by atoms with Crippen LogP contribution in [0.25, 0.3) is 33.4 Å². The number of Topliss-reactive ketones (excluding diaryl/α,β-unsaturated/α-hetero) is 7. The van der Waals surface area contributed by atoms with Gasteiger partial charge < -0.3 is 5.11 Å². The Hall–Kier alpha value is -13.3. The number of nitrogens with zero attached hydrogens (tertiary/aromatic N) is 9. The van der Waals surface area contributed by atoms with Gasteiger partial charge in [0, 0.05) is 114 Å². The summed E-state index contributed by atoms with van der Waals surface area (Å²) in [5, 5.41) is 21.2. The van der Waals surface area contributed by atoms with Crippen LogP contribution in [0.3, 0.4) is 0 Å². The number of aliphatic hydroxyl groups is 1. The maximum atomic E-state index is 14.9. The first kappa shape index (κ1) is 94.8. The van der Waals surface area contributed by atoms with E-state index in [9.17, 15) is 122 Å². The molecule has 129 heavy (non-hydrogen) atoms. The van der Waals surface area contributed by atoms with Crippen LogP contribution in [-0.4, -0.2) is 89.9 Å². The summed E-state index contributed by atoms with van der Waals surface area (Å²) < 4.78 is 269. The lowest BCUT2D eigenvalue weighted by molar-refractivity contribution is -0.142. The van der Waals surface area contributed by atoms with E-state index in [2.05, 4.69) is 30.2 Å². The summed E-state index contributed by atoms with van der Waals surface area (Å²) in [6, 6.07) is 29.7. The third-order valence-electron chi connectivity index (χ3n) is 21.6. The summed E-state index contributed by atoms with van der Waals surface area (Å²) in [7, 11) is 0. The van der Waals surface area contributed by atoms with E-state index in [-0.39, 0.29) is 101 Å². The topological polar surface area (TPSA) is 232 Å². The minimum absolute atomic E-state index is 0.0205. The molecule has 2 unspecified atom stereocenters. The lowest BCUT2D eigenvalue weighted by Crippen LogP contribution is -2.28. The van der Waals surface area contributed by atoms with Crippen LogP contribution in [0.1, 0.15) is 224 Å². The second-order valence-electron chi connectivity index (χ2n) is 31.0. The molecule has 0 aliphatic heterocycles. The van der Waals surface area contributed by atoms with Gasteiger partial charge in [-0.3, -0.25) is 62.6 Å². The molecule has 672 valence electrons. The summed E-state index contributed by atoms with van der Waals surface area (Å²) in [6.45, 7) is 2.60. The minimum atomic E-state index is -4.92. The summed E-state index contributed by atoms with van der Waals surface area (Å²) in [5.74, 6) is -17.9. The number of rotatable bonds is 30. The molecular weight excluding hydrogens is 1730 g/mol. The van der Waals surface area contributed by atoms with Gasteiger partial charge in [-0.05, 0) is 191 Å². The first-order chi connectivity index (χ1) is 61.0. The average molecular weight is 1810 g/mol. The molecule has 0 amide bonds. The molecule has 12 aromatic rings. The Labute approximate surface area is 722 Å². The molecule has 1 N–H and O–H groups in total. The third kappa shape index (κ3) is 22.6. The molecule has 0 saturated heterocycles. The molecule has 6 heterocycles. The highest BCUT2D eigenvalue weighted by Crippen LogP contribution is 2.50. The predicted molar refractivity (Wildman–Crippen MR) is 428 cm³/mol. The monoisotopic (exact) mass is 1810 g/mol. The molecule has 17 nitrogen and oxygen atoms in total. The molecule has 0 spiro atoms. The van der Waals surface area contributed by atoms with Gasteiger partial charge in [0.2, 0.25) is 0 Å². The molecule has 0 radical (unpaired) electrons. The van der Waals surface area contributed by atoms with Crippen LogP contribution in [0.2, 0.25) is 0 Å².